The molecule has 8 heteroatoms. The SMILES string of the molecule is CSc1ccnc(N(C)c2ccc(Cl)c(C(=O)NC(O)C3CCCCC3)c2)n1. The topological polar surface area (TPSA) is 78.4 Å². The number of carbonyl (C=O) groups is 1. The fourth-order valence-corrected chi connectivity index (χ4v) is 3.97. The maximum atomic E-state index is 12.7. The molecule has 1 aliphatic carbocycles. The number of halogens is 1. The summed E-state index contributed by atoms with van der Waals surface area (Å²) in [5, 5.41) is 14.3. The highest BCUT2D eigenvalue weighted by molar-refractivity contribution is 7.98. The Hall–Kier alpha value is -1.83. The second-order valence-electron chi connectivity index (χ2n) is 6.94. The van der Waals surface area contributed by atoms with Gasteiger partial charge in [-0.25, -0.2) is 9.97 Å². The molecule has 0 aliphatic heterocycles. The lowest BCUT2D eigenvalue weighted by molar-refractivity contribution is 0.0463. The molecule has 1 saturated carbocycles. The van der Waals surface area contributed by atoms with Crippen LogP contribution in [0.4, 0.5) is 11.6 Å². The molecule has 1 aromatic heterocycles. The summed E-state index contributed by atoms with van der Waals surface area (Å²) < 4.78 is 0. The van der Waals surface area contributed by atoms with Gasteiger partial charge in [0.25, 0.3) is 5.91 Å². The summed E-state index contributed by atoms with van der Waals surface area (Å²) in [4.78, 5) is 23.3. The predicted octanol–water partition coefficient (Wildman–Crippen LogP) is 4.25. The lowest BCUT2D eigenvalue weighted by Crippen LogP contribution is -2.41. The molecule has 1 atom stereocenters. The number of carbonyl (C=O) groups excluding carboxylic acids is 1. The van der Waals surface area contributed by atoms with Crippen molar-refractivity contribution in [3.63, 3.8) is 0 Å². The number of nitrogens with zero attached hydrogens (tertiary/aromatic N) is 3. The summed E-state index contributed by atoms with van der Waals surface area (Å²) in [6, 6.07) is 7.02. The number of amides is 1. The third-order valence-corrected chi connectivity index (χ3v) is 6.06. The molecule has 1 aliphatic rings. The second kappa shape index (κ2) is 9.58. The number of rotatable bonds is 6. The van der Waals surface area contributed by atoms with E-state index >= 15 is 0 Å². The molecule has 2 N–H and O–H groups in total. The maximum absolute atomic E-state index is 12.7. The monoisotopic (exact) mass is 420 g/mol. The number of nitrogens with one attached hydrogen (secondary N) is 1. The highest BCUT2D eigenvalue weighted by Crippen LogP contribution is 2.28. The van der Waals surface area contributed by atoms with Gasteiger partial charge in [-0.1, -0.05) is 30.9 Å². The zero-order valence-electron chi connectivity index (χ0n) is 16.1. The Morgan fingerprint density at radius 3 is 2.79 bits per heavy atom. The van der Waals surface area contributed by atoms with Crippen molar-refractivity contribution in [2.24, 2.45) is 5.92 Å². The summed E-state index contributed by atoms with van der Waals surface area (Å²) in [6.45, 7) is 0. The second-order valence-corrected chi connectivity index (χ2v) is 8.17. The Morgan fingerprint density at radius 2 is 2.07 bits per heavy atom. The molecule has 0 bridgehead atoms. The molecule has 3 rings (SSSR count). The first-order valence-electron chi connectivity index (χ1n) is 9.39. The van der Waals surface area contributed by atoms with Gasteiger partial charge in [0, 0.05) is 24.8 Å². The van der Waals surface area contributed by atoms with E-state index in [4.69, 9.17) is 11.6 Å². The summed E-state index contributed by atoms with van der Waals surface area (Å²) in [5.74, 6) is 0.255. The van der Waals surface area contributed by atoms with Gasteiger partial charge < -0.3 is 15.3 Å². The quantitative estimate of drug-likeness (QED) is 0.413. The molecule has 1 heterocycles. The van der Waals surface area contributed by atoms with Gasteiger partial charge in [-0.15, -0.1) is 11.8 Å². The number of hydrogen-bond donors (Lipinski definition) is 2. The van der Waals surface area contributed by atoms with Crippen LogP contribution in [0.3, 0.4) is 0 Å². The van der Waals surface area contributed by atoms with E-state index in [1.807, 2.05) is 25.4 Å². The van der Waals surface area contributed by atoms with Gasteiger partial charge in [0.2, 0.25) is 5.95 Å². The van der Waals surface area contributed by atoms with Crippen molar-refractivity contribution in [3.8, 4) is 0 Å². The number of aromatic nitrogens is 2. The van der Waals surface area contributed by atoms with Gasteiger partial charge in [0.1, 0.15) is 11.3 Å². The third-order valence-electron chi connectivity index (χ3n) is 5.08. The molecule has 150 valence electrons. The van der Waals surface area contributed by atoms with Crippen LogP contribution in [0.2, 0.25) is 5.02 Å². The Bertz CT molecular complexity index is 830. The van der Waals surface area contributed by atoms with Gasteiger partial charge in [0.05, 0.1) is 10.6 Å². The first-order chi connectivity index (χ1) is 13.5. The number of anilines is 2. The van der Waals surface area contributed by atoms with Crippen molar-refractivity contribution in [2.75, 3.05) is 18.2 Å². The van der Waals surface area contributed by atoms with E-state index in [-0.39, 0.29) is 11.8 Å². The van der Waals surface area contributed by atoms with Crippen LogP contribution in [0.15, 0.2) is 35.5 Å². The molecule has 1 aromatic carbocycles. The predicted molar refractivity (Wildman–Crippen MR) is 113 cm³/mol. The summed E-state index contributed by atoms with van der Waals surface area (Å²) in [7, 11) is 1.83. The fourth-order valence-electron chi connectivity index (χ4n) is 3.40. The number of aliphatic hydroxyl groups is 1. The average Bonchev–Trinajstić information content (AvgIpc) is 2.74. The van der Waals surface area contributed by atoms with Crippen molar-refractivity contribution >= 4 is 40.9 Å². The number of hydrogen-bond acceptors (Lipinski definition) is 6. The Balaban J connectivity index is 1.77. The minimum atomic E-state index is -0.855. The van der Waals surface area contributed by atoms with Crippen LogP contribution in [0.5, 0.6) is 0 Å². The number of aliphatic hydroxyl groups excluding tert-OH is 1. The van der Waals surface area contributed by atoms with E-state index in [2.05, 4.69) is 15.3 Å². The van der Waals surface area contributed by atoms with E-state index in [0.29, 0.717) is 16.5 Å². The fraction of sp³-hybridized carbons (Fsp3) is 0.450. The van der Waals surface area contributed by atoms with Crippen LogP contribution in [0.25, 0.3) is 0 Å². The zero-order valence-corrected chi connectivity index (χ0v) is 17.6. The smallest absolute Gasteiger partial charge is 0.254 e. The molecule has 1 amide bonds. The molecule has 1 unspecified atom stereocenters. The van der Waals surface area contributed by atoms with Crippen molar-refractivity contribution in [1.82, 2.24) is 15.3 Å². The van der Waals surface area contributed by atoms with Crippen LogP contribution in [-0.4, -0.2) is 40.5 Å². The van der Waals surface area contributed by atoms with Crippen molar-refractivity contribution < 1.29 is 9.90 Å². The molecule has 0 radical (unpaired) electrons. The Labute approximate surface area is 174 Å². The largest absolute Gasteiger partial charge is 0.373 e. The minimum absolute atomic E-state index is 0.102. The molecule has 0 saturated heterocycles. The molecule has 2 aromatic rings. The third kappa shape index (κ3) is 4.96. The highest BCUT2D eigenvalue weighted by atomic mass is 35.5. The van der Waals surface area contributed by atoms with Gasteiger partial charge >= 0.3 is 0 Å². The standard InChI is InChI=1S/C20H25ClN4O2S/c1-25(20-22-11-10-17(23-20)28-2)14-8-9-16(21)15(12-14)19(27)24-18(26)13-6-4-3-5-7-13/h8-13,18,26H,3-7H2,1-2H3,(H,24,27). The highest BCUT2D eigenvalue weighted by Gasteiger charge is 2.24. The molecule has 1 fully saturated rings. The lowest BCUT2D eigenvalue weighted by atomic mass is 9.88. The first kappa shape index (κ1) is 20.9. The van der Waals surface area contributed by atoms with E-state index in [1.165, 1.54) is 18.2 Å². The zero-order chi connectivity index (χ0) is 20.1. The number of benzene rings is 1. The summed E-state index contributed by atoms with van der Waals surface area (Å²) in [6.07, 6.45) is 8.04. The van der Waals surface area contributed by atoms with E-state index < -0.39 is 6.23 Å². The Kier molecular flexibility index (Phi) is 7.15. The van der Waals surface area contributed by atoms with Crippen LogP contribution in [0.1, 0.15) is 42.5 Å². The minimum Gasteiger partial charge on any atom is -0.373 e. The normalized spacial score (nSPS) is 15.9. The van der Waals surface area contributed by atoms with Crippen LogP contribution in [-0.2, 0) is 0 Å². The summed E-state index contributed by atoms with van der Waals surface area (Å²) >= 11 is 7.80. The van der Waals surface area contributed by atoms with E-state index in [0.717, 1.165) is 36.4 Å². The van der Waals surface area contributed by atoms with Gasteiger partial charge in [-0.3, -0.25) is 4.79 Å². The average molecular weight is 421 g/mol. The van der Waals surface area contributed by atoms with E-state index in [1.54, 1.807) is 23.2 Å². The van der Waals surface area contributed by atoms with Crippen LogP contribution in [0, 0.1) is 5.92 Å². The van der Waals surface area contributed by atoms with Crippen LogP contribution >= 0.6 is 23.4 Å². The van der Waals surface area contributed by atoms with Crippen LogP contribution < -0.4 is 10.2 Å². The number of thioether (sulfide) groups is 1. The molecule has 6 nitrogen and oxygen atoms in total. The van der Waals surface area contributed by atoms with Crippen molar-refractivity contribution in [1.29, 1.82) is 0 Å². The maximum Gasteiger partial charge on any atom is 0.254 e. The molecular weight excluding hydrogens is 396 g/mol. The van der Waals surface area contributed by atoms with Crippen molar-refractivity contribution in [3.05, 3.63) is 41.0 Å². The first-order valence-corrected chi connectivity index (χ1v) is 11.0. The molecule has 0 spiro atoms. The van der Waals surface area contributed by atoms with Gasteiger partial charge in [-0.05, 0) is 43.4 Å². The van der Waals surface area contributed by atoms with Gasteiger partial charge in [-0.2, -0.15) is 0 Å². The molecule has 28 heavy (non-hydrogen) atoms. The summed E-state index contributed by atoms with van der Waals surface area (Å²) in [5.41, 5.74) is 1.06. The molecular formula is C20H25ClN4O2S. The lowest BCUT2D eigenvalue weighted by Gasteiger charge is -2.27. The van der Waals surface area contributed by atoms with Gasteiger partial charge in [0.15, 0.2) is 0 Å². The van der Waals surface area contributed by atoms with E-state index in [9.17, 15) is 9.90 Å². The van der Waals surface area contributed by atoms with Crippen molar-refractivity contribution in [2.45, 2.75) is 43.4 Å². The Morgan fingerprint density at radius 1 is 1.32 bits per heavy atom.